The quantitative estimate of drug-likeness (QED) is 0.585. The number of fused-ring (bicyclic) bond motifs is 1. The van der Waals surface area contributed by atoms with Crippen molar-refractivity contribution < 1.29 is 4.42 Å². The van der Waals surface area contributed by atoms with Crippen LogP contribution in [0, 0.1) is 26.7 Å². The Morgan fingerprint density at radius 1 is 1.14 bits per heavy atom. The van der Waals surface area contributed by atoms with Gasteiger partial charge in [-0.25, -0.2) is 4.98 Å². The lowest BCUT2D eigenvalue weighted by Crippen LogP contribution is -2.32. The van der Waals surface area contributed by atoms with E-state index in [-0.39, 0.29) is 0 Å². The van der Waals surface area contributed by atoms with E-state index in [2.05, 4.69) is 31.9 Å². The number of oxazole rings is 1. The minimum Gasteiger partial charge on any atom is -0.441 e. The van der Waals surface area contributed by atoms with Gasteiger partial charge in [-0.15, -0.1) is 0 Å². The van der Waals surface area contributed by atoms with Crippen LogP contribution in [0.4, 0.5) is 5.82 Å². The molecule has 0 radical (unpaired) electrons. The fourth-order valence-electron chi connectivity index (χ4n) is 4.52. The number of nitrogens with zero attached hydrogens (tertiary/aromatic N) is 5. The van der Waals surface area contributed by atoms with Crippen LogP contribution in [0.5, 0.6) is 0 Å². The molecule has 0 aliphatic heterocycles. The van der Waals surface area contributed by atoms with E-state index in [1.807, 2.05) is 43.4 Å². The van der Waals surface area contributed by atoms with E-state index in [1.165, 1.54) is 24.8 Å². The fraction of sp³-hybridized carbons (Fsp3) is 0.565. The molecule has 6 nitrogen and oxygen atoms in total. The first kappa shape index (κ1) is 20.0. The van der Waals surface area contributed by atoms with Gasteiger partial charge < -0.3 is 9.32 Å². The Balaban J connectivity index is 1.73. The van der Waals surface area contributed by atoms with Crippen LogP contribution >= 0.6 is 0 Å². The lowest BCUT2D eigenvalue weighted by Gasteiger charge is -2.26. The van der Waals surface area contributed by atoms with Gasteiger partial charge in [0.15, 0.2) is 0 Å². The average molecular weight is 396 g/mol. The second kappa shape index (κ2) is 7.48. The molecule has 0 bridgehead atoms. The Morgan fingerprint density at radius 3 is 2.45 bits per heavy atom. The Hall–Kier alpha value is -2.34. The fourth-order valence-corrected chi connectivity index (χ4v) is 4.52. The van der Waals surface area contributed by atoms with E-state index in [1.54, 1.807) is 0 Å². The van der Waals surface area contributed by atoms with E-state index in [4.69, 9.17) is 14.5 Å². The van der Waals surface area contributed by atoms with Crippen molar-refractivity contribution >= 4 is 11.5 Å². The summed E-state index contributed by atoms with van der Waals surface area (Å²) in [6.07, 6.45) is 3.92. The van der Waals surface area contributed by atoms with Crippen molar-refractivity contribution in [3.8, 4) is 11.3 Å². The summed E-state index contributed by atoms with van der Waals surface area (Å²) in [4.78, 5) is 9.25. The SMILES string of the molecule is CCC(C1CC1)N(C)Cc1c(C)nn2c(-c3ccc(N(C)C)nc3C)c(C)oc12. The average Bonchev–Trinajstić information content (AvgIpc) is 3.39. The molecule has 3 aromatic rings. The summed E-state index contributed by atoms with van der Waals surface area (Å²) < 4.78 is 8.24. The van der Waals surface area contributed by atoms with Gasteiger partial charge in [-0.3, -0.25) is 4.90 Å². The Labute approximate surface area is 173 Å². The summed E-state index contributed by atoms with van der Waals surface area (Å²) in [5.74, 6) is 2.69. The molecule has 156 valence electrons. The molecule has 1 fully saturated rings. The van der Waals surface area contributed by atoms with Gasteiger partial charge in [0.05, 0.1) is 11.3 Å². The van der Waals surface area contributed by atoms with Gasteiger partial charge in [0.1, 0.15) is 17.3 Å². The van der Waals surface area contributed by atoms with Gasteiger partial charge in [0.2, 0.25) is 5.71 Å². The van der Waals surface area contributed by atoms with Crippen LogP contribution in [0.25, 0.3) is 17.0 Å². The highest BCUT2D eigenvalue weighted by molar-refractivity contribution is 5.69. The molecule has 4 rings (SSSR count). The summed E-state index contributed by atoms with van der Waals surface area (Å²) in [6.45, 7) is 9.32. The molecule has 0 spiro atoms. The van der Waals surface area contributed by atoms with Crippen LogP contribution in [0.3, 0.4) is 0 Å². The smallest absolute Gasteiger partial charge is 0.227 e. The van der Waals surface area contributed by atoms with E-state index >= 15 is 0 Å². The largest absolute Gasteiger partial charge is 0.441 e. The van der Waals surface area contributed by atoms with Crippen molar-refractivity contribution in [2.24, 2.45) is 5.92 Å². The standard InChI is InChI=1S/C23H33N5O/c1-8-20(17-9-10-17)27(7)13-19-15(3)25-28-22(16(4)29-23(19)28)18-11-12-21(26(5)6)24-14(18)2/h11-12,17,20H,8-10,13H2,1-7H3. The Bertz CT molecular complexity index is 1030. The third-order valence-electron chi connectivity index (χ3n) is 6.27. The van der Waals surface area contributed by atoms with Crippen molar-refractivity contribution in [2.75, 3.05) is 26.0 Å². The van der Waals surface area contributed by atoms with Crippen molar-refractivity contribution in [3.05, 3.63) is 34.8 Å². The number of pyridine rings is 1. The number of hydrogen-bond acceptors (Lipinski definition) is 5. The minimum absolute atomic E-state index is 0.643. The summed E-state index contributed by atoms with van der Waals surface area (Å²) in [5, 5.41) is 4.87. The van der Waals surface area contributed by atoms with E-state index in [9.17, 15) is 0 Å². The van der Waals surface area contributed by atoms with Gasteiger partial charge in [0.25, 0.3) is 0 Å². The molecule has 0 amide bonds. The molecule has 1 saturated carbocycles. The lowest BCUT2D eigenvalue weighted by atomic mass is 10.1. The predicted octanol–water partition coefficient (Wildman–Crippen LogP) is 4.60. The van der Waals surface area contributed by atoms with Crippen LogP contribution in [0.1, 0.15) is 48.9 Å². The van der Waals surface area contributed by atoms with E-state index in [0.717, 1.165) is 52.4 Å². The lowest BCUT2D eigenvalue weighted by molar-refractivity contribution is 0.204. The Morgan fingerprint density at radius 2 is 1.86 bits per heavy atom. The van der Waals surface area contributed by atoms with Crippen molar-refractivity contribution in [2.45, 2.75) is 59.5 Å². The van der Waals surface area contributed by atoms with E-state index < -0.39 is 0 Å². The molecule has 3 aromatic heterocycles. The molecule has 1 atom stereocenters. The maximum Gasteiger partial charge on any atom is 0.227 e. The van der Waals surface area contributed by atoms with Crippen molar-refractivity contribution in [1.82, 2.24) is 19.5 Å². The first-order valence-electron chi connectivity index (χ1n) is 10.6. The molecule has 6 heteroatoms. The molecule has 1 aliphatic carbocycles. The second-order valence-corrected chi connectivity index (χ2v) is 8.71. The highest BCUT2D eigenvalue weighted by Crippen LogP contribution is 2.38. The molecule has 1 unspecified atom stereocenters. The highest BCUT2D eigenvalue weighted by atomic mass is 16.4. The van der Waals surface area contributed by atoms with Gasteiger partial charge in [-0.05, 0) is 65.1 Å². The first-order chi connectivity index (χ1) is 13.8. The number of aryl methyl sites for hydroxylation is 3. The minimum atomic E-state index is 0.643. The summed E-state index contributed by atoms with van der Waals surface area (Å²) in [5.41, 5.74) is 6.15. The third kappa shape index (κ3) is 3.54. The zero-order chi connectivity index (χ0) is 20.9. The molecular formula is C23H33N5O. The molecule has 0 aromatic carbocycles. The number of aromatic nitrogens is 3. The van der Waals surface area contributed by atoms with Gasteiger partial charge in [-0.1, -0.05) is 6.92 Å². The van der Waals surface area contributed by atoms with Crippen molar-refractivity contribution in [3.63, 3.8) is 0 Å². The molecule has 0 saturated heterocycles. The van der Waals surface area contributed by atoms with Gasteiger partial charge in [0, 0.05) is 37.9 Å². The molecule has 1 aliphatic rings. The number of rotatable bonds is 7. The molecule has 3 heterocycles. The predicted molar refractivity (Wildman–Crippen MR) is 117 cm³/mol. The third-order valence-corrected chi connectivity index (χ3v) is 6.27. The normalized spacial score (nSPS) is 15.4. The first-order valence-corrected chi connectivity index (χ1v) is 10.6. The van der Waals surface area contributed by atoms with Crippen molar-refractivity contribution in [1.29, 1.82) is 0 Å². The summed E-state index contributed by atoms with van der Waals surface area (Å²) in [6, 6.07) is 4.82. The second-order valence-electron chi connectivity index (χ2n) is 8.71. The van der Waals surface area contributed by atoms with E-state index in [0.29, 0.717) is 6.04 Å². The zero-order valence-electron chi connectivity index (χ0n) is 18.8. The van der Waals surface area contributed by atoms with Crippen LogP contribution in [-0.4, -0.2) is 46.7 Å². The molecular weight excluding hydrogens is 362 g/mol. The summed E-state index contributed by atoms with van der Waals surface area (Å²) >= 11 is 0. The Kier molecular flexibility index (Phi) is 5.15. The summed E-state index contributed by atoms with van der Waals surface area (Å²) in [7, 11) is 6.25. The molecule has 29 heavy (non-hydrogen) atoms. The van der Waals surface area contributed by atoms with Crippen LogP contribution < -0.4 is 4.90 Å². The maximum atomic E-state index is 6.26. The highest BCUT2D eigenvalue weighted by Gasteiger charge is 2.33. The van der Waals surface area contributed by atoms with Crippen LogP contribution in [0.15, 0.2) is 16.5 Å². The number of anilines is 1. The topological polar surface area (TPSA) is 49.8 Å². The van der Waals surface area contributed by atoms with Gasteiger partial charge in [-0.2, -0.15) is 9.61 Å². The monoisotopic (exact) mass is 395 g/mol. The van der Waals surface area contributed by atoms with Crippen LogP contribution in [0.2, 0.25) is 0 Å². The molecule has 0 N–H and O–H groups in total. The van der Waals surface area contributed by atoms with Crippen LogP contribution in [-0.2, 0) is 6.54 Å². The van der Waals surface area contributed by atoms with Gasteiger partial charge >= 0.3 is 0 Å². The maximum absolute atomic E-state index is 6.26. The zero-order valence-corrected chi connectivity index (χ0v) is 18.8. The number of hydrogen-bond donors (Lipinski definition) is 0.